The molecule has 1 N–H and O–H groups in total. The third-order valence-electron chi connectivity index (χ3n) is 6.91. The number of carbonyl (C=O) groups excluding carboxylic acids is 1. The van der Waals surface area contributed by atoms with Crippen LogP contribution < -0.4 is 15.0 Å². The Hall–Kier alpha value is -2.75. The highest BCUT2D eigenvalue weighted by atomic mass is 16.5. The largest absolute Gasteiger partial charge is 0.493 e. The lowest BCUT2D eigenvalue weighted by molar-refractivity contribution is -0.125. The Balaban J connectivity index is 1.10. The number of hydrogen-bond acceptors (Lipinski definition) is 3. The lowest BCUT2D eigenvalue weighted by atomic mass is 9.89. The van der Waals surface area contributed by atoms with Crippen LogP contribution in [-0.4, -0.2) is 25.6 Å². The summed E-state index contributed by atoms with van der Waals surface area (Å²) in [7, 11) is 0. The molecule has 0 aromatic heterocycles. The fraction of sp³-hybridized carbons (Fsp3) is 0.444. The average Bonchev–Trinajstić information content (AvgIpc) is 3.42. The van der Waals surface area contributed by atoms with Gasteiger partial charge in [0.2, 0.25) is 5.91 Å². The molecule has 0 bridgehead atoms. The Labute approximate surface area is 185 Å². The second-order valence-corrected chi connectivity index (χ2v) is 9.39. The van der Waals surface area contributed by atoms with Gasteiger partial charge in [-0.05, 0) is 73.9 Å². The number of hydrogen-bond donors (Lipinski definition) is 1. The minimum Gasteiger partial charge on any atom is -0.493 e. The maximum absolute atomic E-state index is 12.4. The van der Waals surface area contributed by atoms with E-state index in [1.165, 1.54) is 29.7 Å². The van der Waals surface area contributed by atoms with Gasteiger partial charge >= 0.3 is 0 Å². The van der Waals surface area contributed by atoms with Gasteiger partial charge in [-0.25, -0.2) is 0 Å². The molecule has 1 unspecified atom stereocenters. The molecule has 162 valence electrons. The Kier molecular flexibility index (Phi) is 5.71. The molecule has 2 aromatic rings. The van der Waals surface area contributed by atoms with Crippen LogP contribution >= 0.6 is 0 Å². The van der Waals surface area contributed by atoms with E-state index in [0.29, 0.717) is 5.92 Å². The van der Waals surface area contributed by atoms with Gasteiger partial charge in [0, 0.05) is 30.6 Å². The zero-order valence-electron chi connectivity index (χ0n) is 18.3. The number of anilines is 1. The number of nitrogens with zero attached hydrogens (tertiary/aromatic N) is 1. The fourth-order valence-corrected chi connectivity index (χ4v) is 4.45. The maximum atomic E-state index is 12.4. The molecular weight excluding hydrogens is 384 g/mol. The predicted molar refractivity (Wildman–Crippen MR) is 124 cm³/mol. The molecule has 4 nitrogen and oxygen atoms in total. The number of rotatable bonds is 8. The molecule has 3 aliphatic rings. The maximum Gasteiger partial charge on any atom is 0.224 e. The van der Waals surface area contributed by atoms with Crippen molar-refractivity contribution in [2.45, 2.75) is 44.6 Å². The number of ether oxygens (including phenoxy) is 1. The third kappa shape index (κ3) is 4.79. The fourth-order valence-electron chi connectivity index (χ4n) is 4.45. The standard InChI is InChI=1S/C27H32N2O2/c1-19(28-27(30)23-4-2-3-5-23)21-8-10-22(11-9-21)24-16-29(17-24)25-12-14-26(15-13-25)31-18-20-6-7-20/h2-3,8-15,19-20,23-24H,4-7,16-18H2,1H3,(H,28,30). The number of allylic oxidation sites excluding steroid dienone is 2. The Morgan fingerprint density at radius 1 is 1.03 bits per heavy atom. The summed E-state index contributed by atoms with van der Waals surface area (Å²) in [6.07, 6.45) is 8.57. The molecule has 1 atom stereocenters. The SMILES string of the molecule is CC(NC(=O)C1CC=CC1)c1ccc(C2CN(c3ccc(OCC4CC4)cc3)C2)cc1. The number of carbonyl (C=O) groups is 1. The molecule has 2 aromatic carbocycles. The van der Waals surface area contributed by atoms with Gasteiger partial charge in [0.15, 0.2) is 0 Å². The van der Waals surface area contributed by atoms with Crippen LogP contribution in [0.5, 0.6) is 5.75 Å². The van der Waals surface area contributed by atoms with E-state index in [0.717, 1.165) is 44.2 Å². The summed E-state index contributed by atoms with van der Waals surface area (Å²) in [6.45, 7) is 5.02. The average molecular weight is 417 g/mol. The van der Waals surface area contributed by atoms with Crippen LogP contribution in [0.25, 0.3) is 0 Å². The van der Waals surface area contributed by atoms with E-state index in [9.17, 15) is 4.79 Å². The van der Waals surface area contributed by atoms with Crippen molar-refractivity contribution in [1.82, 2.24) is 5.32 Å². The van der Waals surface area contributed by atoms with Gasteiger partial charge in [-0.2, -0.15) is 0 Å². The van der Waals surface area contributed by atoms with Crippen molar-refractivity contribution in [3.63, 3.8) is 0 Å². The number of amides is 1. The van der Waals surface area contributed by atoms with Crippen LogP contribution in [0.1, 0.15) is 55.7 Å². The summed E-state index contributed by atoms with van der Waals surface area (Å²) in [5, 5.41) is 3.17. The molecule has 31 heavy (non-hydrogen) atoms. The summed E-state index contributed by atoms with van der Waals surface area (Å²) in [5.41, 5.74) is 3.81. The van der Waals surface area contributed by atoms with E-state index in [2.05, 4.69) is 77.8 Å². The lowest BCUT2D eigenvalue weighted by Crippen LogP contribution is -2.45. The van der Waals surface area contributed by atoms with Crippen molar-refractivity contribution in [1.29, 1.82) is 0 Å². The van der Waals surface area contributed by atoms with Crippen molar-refractivity contribution in [3.05, 3.63) is 71.8 Å². The summed E-state index contributed by atoms with van der Waals surface area (Å²) >= 11 is 0. The van der Waals surface area contributed by atoms with Crippen LogP contribution in [-0.2, 0) is 4.79 Å². The molecular formula is C27H32N2O2. The molecule has 1 amide bonds. The Bertz CT molecular complexity index is 917. The van der Waals surface area contributed by atoms with Crippen LogP contribution in [0.2, 0.25) is 0 Å². The van der Waals surface area contributed by atoms with E-state index in [1.807, 2.05) is 0 Å². The van der Waals surface area contributed by atoms with Crippen molar-refractivity contribution >= 4 is 11.6 Å². The molecule has 1 heterocycles. The second kappa shape index (κ2) is 8.78. The number of benzene rings is 2. The highest BCUT2D eigenvalue weighted by Crippen LogP contribution is 2.34. The third-order valence-corrected chi connectivity index (χ3v) is 6.91. The van der Waals surface area contributed by atoms with E-state index in [1.54, 1.807) is 0 Å². The molecule has 4 heteroatoms. The molecule has 1 aliphatic heterocycles. The molecule has 0 spiro atoms. The van der Waals surface area contributed by atoms with Gasteiger partial charge in [0.05, 0.1) is 12.6 Å². The predicted octanol–water partition coefficient (Wildman–Crippen LogP) is 5.22. The van der Waals surface area contributed by atoms with E-state index in [4.69, 9.17) is 4.74 Å². The highest BCUT2D eigenvalue weighted by Gasteiger charge is 2.28. The van der Waals surface area contributed by atoms with E-state index < -0.39 is 0 Å². The molecule has 1 saturated heterocycles. The smallest absolute Gasteiger partial charge is 0.224 e. The quantitative estimate of drug-likeness (QED) is 0.600. The van der Waals surface area contributed by atoms with Crippen LogP contribution in [0.4, 0.5) is 5.69 Å². The first-order chi connectivity index (χ1) is 15.2. The molecule has 2 fully saturated rings. The molecule has 1 saturated carbocycles. The first-order valence-electron chi connectivity index (χ1n) is 11.7. The normalized spacial score (nSPS) is 19.8. The zero-order valence-corrected chi connectivity index (χ0v) is 18.3. The minimum atomic E-state index is 0.0423. The van der Waals surface area contributed by atoms with Gasteiger partial charge in [-0.3, -0.25) is 4.79 Å². The molecule has 5 rings (SSSR count). The first-order valence-corrected chi connectivity index (χ1v) is 11.7. The zero-order chi connectivity index (χ0) is 21.2. The summed E-state index contributed by atoms with van der Waals surface area (Å²) in [4.78, 5) is 14.8. The second-order valence-electron chi connectivity index (χ2n) is 9.39. The van der Waals surface area contributed by atoms with E-state index in [-0.39, 0.29) is 17.9 Å². The Morgan fingerprint density at radius 2 is 1.71 bits per heavy atom. The summed E-state index contributed by atoms with van der Waals surface area (Å²) in [6, 6.07) is 17.4. The van der Waals surface area contributed by atoms with Gasteiger partial charge in [0.25, 0.3) is 0 Å². The van der Waals surface area contributed by atoms with Crippen LogP contribution in [0, 0.1) is 11.8 Å². The molecule has 0 radical (unpaired) electrons. The van der Waals surface area contributed by atoms with Gasteiger partial charge in [0.1, 0.15) is 5.75 Å². The van der Waals surface area contributed by atoms with Crippen molar-refractivity contribution in [2.24, 2.45) is 11.8 Å². The summed E-state index contributed by atoms with van der Waals surface area (Å²) in [5.74, 6) is 2.61. The topological polar surface area (TPSA) is 41.6 Å². The monoisotopic (exact) mass is 416 g/mol. The van der Waals surface area contributed by atoms with Gasteiger partial charge in [-0.1, -0.05) is 36.4 Å². The van der Waals surface area contributed by atoms with Gasteiger partial charge < -0.3 is 15.0 Å². The van der Waals surface area contributed by atoms with Crippen molar-refractivity contribution in [2.75, 3.05) is 24.6 Å². The van der Waals surface area contributed by atoms with Crippen LogP contribution in [0.15, 0.2) is 60.7 Å². The van der Waals surface area contributed by atoms with Crippen molar-refractivity contribution in [3.8, 4) is 5.75 Å². The van der Waals surface area contributed by atoms with Crippen molar-refractivity contribution < 1.29 is 9.53 Å². The first kappa shape index (κ1) is 20.2. The molecule has 2 aliphatic carbocycles. The number of nitrogens with one attached hydrogen (secondary N) is 1. The highest BCUT2D eigenvalue weighted by molar-refractivity contribution is 5.79. The van der Waals surface area contributed by atoms with E-state index >= 15 is 0 Å². The summed E-state index contributed by atoms with van der Waals surface area (Å²) < 4.78 is 5.84. The van der Waals surface area contributed by atoms with Gasteiger partial charge in [-0.15, -0.1) is 0 Å². The van der Waals surface area contributed by atoms with Crippen LogP contribution in [0.3, 0.4) is 0 Å². The minimum absolute atomic E-state index is 0.0423. The lowest BCUT2D eigenvalue weighted by Gasteiger charge is -2.41. The Morgan fingerprint density at radius 3 is 2.35 bits per heavy atom.